The zero-order valence-corrected chi connectivity index (χ0v) is 6.86. The van der Waals surface area contributed by atoms with E-state index in [1.54, 1.807) is 6.92 Å². The Bertz CT molecular complexity index is 114. The van der Waals surface area contributed by atoms with E-state index in [4.69, 9.17) is 9.79 Å². The standard InChI is InChI=1S/C5H13N2O2P/c1-5(10(8)9)6-3-2-4-7-5/h6-9H,2-4H2,1H3. The van der Waals surface area contributed by atoms with Gasteiger partial charge in [-0.2, -0.15) is 0 Å². The van der Waals surface area contributed by atoms with Crippen LogP contribution in [0, 0.1) is 0 Å². The molecule has 0 aromatic rings. The average molecular weight is 164 g/mol. The van der Waals surface area contributed by atoms with Crippen LogP contribution in [0.1, 0.15) is 13.3 Å². The first kappa shape index (κ1) is 8.37. The van der Waals surface area contributed by atoms with Crippen LogP contribution in [-0.2, 0) is 0 Å². The first-order valence-corrected chi connectivity index (χ1v) is 4.58. The Kier molecular flexibility index (Phi) is 2.61. The summed E-state index contributed by atoms with van der Waals surface area (Å²) in [6.07, 6.45) is 1.04. The molecule has 5 heteroatoms. The van der Waals surface area contributed by atoms with Crippen LogP contribution in [0.5, 0.6) is 0 Å². The molecular weight excluding hydrogens is 151 g/mol. The zero-order valence-electron chi connectivity index (χ0n) is 5.96. The molecule has 60 valence electrons. The first-order chi connectivity index (χ1) is 4.65. The monoisotopic (exact) mass is 164 g/mol. The average Bonchev–Trinajstić information content (AvgIpc) is 1.89. The molecule has 0 atom stereocenters. The van der Waals surface area contributed by atoms with Gasteiger partial charge in [0.2, 0.25) is 8.38 Å². The highest BCUT2D eigenvalue weighted by atomic mass is 31.2. The Morgan fingerprint density at radius 1 is 1.30 bits per heavy atom. The molecule has 1 rings (SSSR count). The van der Waals surface area contributed by atoms with Crippen LogP contribution in [0.15, 0.2) is 0 Å². The maximum absolute atomic E-state index is 8.93. The lowest BCUT2D eigenvalue weighted by molar-refractivity contribution is 0.298. The van der Waals surface area contributed by atoms with Crippen LogP contribution in [0.25, 0.3) is 0 Å². The molecular formula is C5H13N2O2P. The second kappa shape index (κ2) is 3.11. The number of hydrogen-bond acceptors (Lipinski definition) is 4. The van der Waals surface area contributed by atoms with Gasteiger partial charge in [-0.25, -0.2) is 0 Å². The van der Waals surface area contributed by atoms with Gasteiger partial charge in [0.25, 0.3) is 0 Å². The lowest BCUT2D eigenvalue weighted by Crippen LogP contribution is -2.57. The summed E-state index contributed by atoms with van der Waals surface area (Å²) in [5, 5.41) is 5.38. The van der Waals surface area contributed by atoms with Crippen LogP contribution >= 0.6 is 8.38 Å². The molecule has 0 aliphatic carbocycles. The maximum atomic E-state index is 8.93. The normalized spacial score (nSPS) is 25.2. The highest BCUT2D eigenvalue weighted by Crippen LogP contribution is 2.37. The van der Waals surface area contributed by atoms with E-state index in [1.165, 1.54) is 0 Å². The number of nitrogens with one attached hydrogen (secondary N) is 2. The second-order valence-corrected chi connectivity index (χ2v) is 4.04. The van der Waals surface area contributed by atoms with Crippen molar-refractivity contribution in [1.82, 2.24) is 10.6 Å². The minimum Gasteiger partial charge on any atom is -0.348 e. The smallest absolute Gasteiger partial charge is 0.202 e. The number of hydrogen-bond donors (Lipinski definition) is 4. The summed E-state index contributed by atoms with van der Waals surface area (Å²) in [7, 11) is -1.92. The van der Waals surface area contributed by atoms with Crippen molar-refractivity contribution >= 4 is 8.38 Å². The van der Waals surface area contributed by atoms with E-state index in [0.717, 1.165) is 19.5 Å². The third-order valence-electron chi connectivity index (χ3n) is 1.69. The molecule has 0 amide bonds. The zero-order chi connectivity index (χ0) is 7.61. The Balaban J connectivity index is 2.48. The molecule has 4 N–H and O–H groups in total. The van der Waals surface area contributed by atoms with E-state index in [1.807, 2.05) is 0 Å². The molecule has 0 unspecified atom stereocenters. The molecule has 1 heterocycles. The van der Waals surface area contributed by atoms with Crippen molar-refractivity contribution in [3.8, 4) is 0 Å². The highest BCUT2D eigenvalue weighted by molar-refractivity contribution is 7.46. The predicted octanol–water partition coefficient (Wildman–Crippen LogP) is -0.461. The Labute approximate surface area is 61.6 Å². The minimum absolute atomic E-state index is 0.645. The number of rotatable bonds is 1. The van der Waals surface area contributed by atoms with Crippen molar-refractivity contribution in [2.75, 3.05) is 13.1 Å². The van der Waals surface area contributed by atoms with E-state index in [9.17, 15) is 0 Å². The first-order valence-electron chi connectivity index (χ1n) is 3.33. The van der Waals surface area contributed by atoms with Crippen LogP contribution in [0.2, 0.25) is 0 Å². The molecule has 4 nitrogen and oxygen atoms in total. The van der Waals surface area contributed by atoms with Gasteiger partial charge in [-0.3, -0.25) is 10.6 Å². The summed E-state index contributed by atoms with van der Waals surface area (Å²) >= 11 is 0. The summed E-state index contributed by atoms with van der Waals surface area (Å²) in [5.41, 5.74) is 0. The lowest BCUT2D eigenvalue weighted by Gasteiger charge is -2.36. The van der Waals surface area contributed by atoms with E-state index in [0.29, 0.717) is 0 Å². The molecule has 0 bridgehead atoms. The van der Waals surface area contributed by atoms with E-state index in [-0.39, 0.29) is 0 Å². The third kappa shape index (κ3) is 1.65. The van der Waals surface area contributed by atoms with Crippen LogP contribution in [-0.4, -0.2) is 28.3 Å². The Morgan fingerprint density at radius 3 is 2.10 bits per heavy atom. The molecule has 0 aromatic heterocycles. The molecule has 1 saturated heterocycles. The van der Waals surface area contributed by atoms with Crippen LogP contribution < -0.4 is 10.6 Å². The fourth-order valence-electron chi connectivity index (χ4n) is 0.956. The van der Waals surface area contributed by atoms with Crippen molar-refractivity contribution in [2.24, 2.45) is 0 Å². The summed E-state index contributed by atoms with van der Waals surface area (Å²) in [5.74, 6) is 0. The van der Waals surface area contributed by atoms with Gasteiger partial charge < -0.3 is 9.79 Å². The molecule has 1 aliphatic heterocycles. The van der Waals surface area contributed by atoms with Gasteiger partial charge in [0.15, 0.2) is 0 Å². The van der Waals surface area contributed by atoms with E-state index >= 15 is 0 Å². The van der Waals surface area contributed by atoms with Crippen LogP contribution in [0.3, 0.4) is 0 Å². The second-order valence-electron chi connectivity index (χ2n) is 2.57. The van der Waals surface area contributed by atoms with Gasteiger partial charge in [0.1, 0.15) is 5.40 Å². The summed E-state index contributed by atoms with van der Waals surface area (Å²) < 4.78 is 0. The fraction of sp³-hybridized carbons (Fsp3) is 1.00. The van der Waals surface area contributed by atoms with E-state index in [2.05, 4.69) is 10.6 Å². The fourth-order valence-corrected chi connectivity index (χ4v) is 1.46. The van der Waals surface area contributed by atoms with Crippen molar-refractivity contribution in [1.29, 1.82) is 0 Å². The summed E-state index contributed by atoms with van der Waals surface area (Å²) in [6, 6.07) is 0. The van der Waals surface area contributed by atoms with Gasteiger partial charge in [-0.1, -0.05) is 0 Å². The maximum Gasteiger partial charge on any atom is 0.202 e. The SMILES string of the molecule is CC1(P(O)O)NCCCN1. The largest absolute Gasteiger partial charge is 0.348 e. The minimum atomic E-state index is -1.92. The molecule has 0 spiro atoms. The molecule has 10 heavy (non-hydrogen) atoms. The van der Waals surface area contributed by atoms with Crippen molar-refractivity contribution in [3.63, 3.8) is 0 Å². The summed E-state index contributed by atoms with van der Waals surface area (Å²) in [6.45, 7) is 3.46. The molecule has 0 radical (unpaired) electrons. The van der Waals surface area contributed by atoms with Crippen molar-refractivity contribution in [2.45, 2.75) is 18.7 Å². The molecule has 1 aliphatic rings. The van der Waals surface area contributed by atoms with Gasteiger partial charge in [-0.15, -0.1) is 0 Å². The molecule has 0 saturated carbocycles. The highest BCUT2D eigenvalue weighted by Gasteiger charge is 2.33. The predicted molar refractivity (Wildman–Crippen MR) is 40.4 cm³/mol. The van der Waals surface area contributed by atoms with Crippen molar-refractivity contribution < 1.29 is 9.79 Å². The Hall–Kier alpha value is 0.270. The molecule has 0 aromatic carbocycles. The van der Waals surface area contributed by atoms with Gasteiger partial charge >= 0.3 is 0 Å². The van der Waals surface area contributed by atoms with Gasteiger partial charge in [-0.05, 0) is 26.4 Å². The Morgan fingerprint density at radius 2 is 1.80 bits per heavy atom. The van der Waals surface area contributed by atoms with Gasteiger partial charge in [0, 0.05) is 0 Å². The molecule has 1 fully saturated rings. The van der Waals surface area contributed by atoms with Crippen LogP contribution in [0.4, 0.5) is 0 Å². The quantitative estimate of drug-likeness (QED) is 0.396. The van der Waals surface area contributed by atoms with Gasteiger partial charge in [0.05, 0.1) is 0 Å². The lowest BCUT2D eigenvalue weighted by atomic mass is 10.3. The summed E-state index contributed by atoms with van der Waals surface area (Å²) in [4.78, 5) is 17.9. The van der Waals surface area contributed by atoms with E-state index < -0.39 is 13.8 Å². The van der Waals surface area contributed by atoms with Crippen molar-refractivity contribution in [3.05, 3.63) is 0 Å². The third-order valence-corrected chi connectivity index (χ3v) is 2.81. The topological polar surface area (TPSA) is 64.5 Å².